The number of carbonyl (C=O) groups is 2. The smallest absolute Gasteiger partial charge is 0.133 e. The quantitative estimate of drug-likeness (QED) is 0.393. The van der Waals surface area contributed by atoms with E-state index in [-0.39, 0.29) is 0 Å². The van der Waals surface area contributed by atoms with Gasteiger partial charge in [0.2, 0.25) is 0 Å². The molecule has 4 fully saturated rings. The van der Waals surface area contributed by atoms with E-state index in [0.29, 0.717) is 11.6 Å². The predicted molar refractivity (Wildman–Crippen MR) is 157 cm³/mol. The van der Waals surface area contributed by atoms with Crippen LogP contribution in [0.25, 0.3) is 0 Å². The van der Waals surface area contributed by atoms with Crippen molar-refractivity contribution in [2.45, 2.75) is 77.0 Å². The number of rotatable bonds is 2. The van der Waals surface area contributed by atoms with Gasteiger partial charge in [-0.2, -0.15) is 0 Å². The molecule has 0 atom stereocenters. The molecule has 2 aromatic rings. The number of nitrogens with zero attached hydrogens (tertiary/aromatic N) is 2. The van der Waals surface area contributed by atoms with E-state index in [2.05, 4.69) is 70.5 Å². The zero-order valence-corrected chi connectivity index (χ0v) is 22.8. The molecular weight excluding hydrogens is 468 g/mol. The lowest BCUT2D eigenvalue weighted by molar-refractivity contribution is -0.120. The van der Waals surface area contributed by atoms with Gasteiger partial charge in [0.15, 0.2) is 0 Å². The Morgan fingerprint density at radius 2 is 0.658 bits per heavy atom. The van der Waals surface area contributed by atoms with Crippen molar-refractivity contribution in [2.75, 3.05) is 36.0 Å². The molecule has 4 nitrogen and oxygen atoms in total. The van der Waals surface area contributed by atoms with Crippen LogP contribution in [0.4, 0.5) is 11.4 Å². The molecule has 2 saturated carbocycles. The Labute approximate surface area is 228 Å². The SMILES string of the molecule is O=C1CCC(=C2CCN(c3ccccc3)CC2)CC1.O=C1CCC(=C2CCN(c3ccccc3)CC2)CC1. The Morgan fingerprint density at radius 3 is 0.974 bits per heavy atom. The van der Waals surface area contributed by atoms with Crippen LogP contribution in [0, 0.1) is 0 Å². The van der Waals surface area contributed by atoms with Gasteiger partial charge < -0.3 is 9.80 Å². The van der Waals surface area contributed by atoms with Crippen LogP contribution in [-0.4, -0.2) is 37.7 Å². The largest absolute Gasteiger partial charge is 0.371 e. The minimum Gasteiger partial charge on any atom is -0.371 e. The van der Waals surface area contributed by atoms with E-state index in [1.54, 1.807) is 22.3 Å². The molecule has 2 aromatic carbocycles. The van der Waals surface area contributed by atoms with E-state index < -0.39 is 0 Å². The normalized spacial score (nSPS) is 20.8. The molecule has 0 radical (unpaired) electrons. The number of Topliss-reactive ketones (excluding diaryl/α,β-unsaturated/α-hetero) is 2. The Kier molecular flexibility index (Phi) is 9.11. The maximum absolute atomic E-state index is 11.3. The molecule has 2 heterocycles. The van der Waals surface area contributed by atoms with E-state index in [4.69, 9.17) is 0 Å². The van der Waals surface area contributed by atoms with Crippen molar-refractivity contribution in [1.29, 1.82) is 0 Å². The molecule has 0 N–H and O–H groups in total. The van der Waals surface area contributed by atoms with Crippen LogP contribution in [0.1, 0.15) is 77.0 Å². The number of para-hydroxylation sites is 2. The molecule has 0 aromatic heterocycles. The number of ketones is 2. The van der Waals surface area contributed by atoms with Gasteiger partial charge in [-0.3, -0.25) is 9.59 Å². The summed E-state index contributed by atoms with van der Waals surface area (Å²) in [6, 6.07) is 21.3. The highest BCUT2D eigenvalue weighted by atomic mass is 16.1. The topological polar surface area (TPSA) is 40.6 Å². The third-order valence-electron chi connectivity index (χ3n) is 8.80. The number of benzene rings is 2. The monoisotopic (exact) mass is 510 g/mol. The summed E-state index contributed by atoms with van der Waals surface area (Å²) < 4.78 is 0. The Balaban J connectivity index is 0.000000155. The second-order valence-electron chi connectivity index (χ2n) is 11.1. The Hall–Kier alpha value is -3.14. The van der Waals surface area contributed by atoms with Crippen molar-refractivity contribution in [1.82, 2.24) is 0 Å². The predicted octanol–water partition coefficient (Wildman–Crippen LogP) is 7.45. The summed E-state index contributed by atoms with van der Waals surface area (Å²) in [5.41, 5.74) is 9.13. The average Bonchev–Trinajstić information content (AvgIpc) is 2.99. The summed E-state index contributed by atoms with van der Waals surface area (Å²) in [7, 11) is 0. The summed E-state index contributed by atoms with van der Waals surface area (Å²) in [4.78, 5) is 27.5. The van der Waals surface area contributed by atoms with Gasteiger partial charge in [-0.1, -0.05) is 58.7 Å². The van der Waals surface area contributed by atoms with Crippen LogP contribution in [0.5, 0.6) is 0 Å². The lowest BCUT2D eigenvalue weighted by Gasteiger charge is -2.32. The molecule has 38 heavy (non-hydrogen) atoms. The van der Waals surface area contributed by atoms with Crippen molar-refractivity contribution >= 4 is 22.9 Å². The molecule has 200 valence electrons. The number of hydrogen-bond acceptors (Lipinski definition) is 4. The minimum atomic E-state index is 0.450. The van der Waals surface area contributed by atoms with E-state index >= 15 is 0 Å². The van der Waals surface area contributed by atoms with Crippen molar-refractivity contribution < 1.29 is 9.59 Å². The fraction of sp³-hybridized carbons (Fsp3) is 0.471. The minimum absolute atomic E-state index is 0.450. The molecule has 0 spiro atoms. The van der Waals surface area contributed by atoms with Crippen LogP contribution >= 0.6 is 0 Å². The van der Waals surface area contributed by atoms with Crippen LogP contribution in [-0.2, 0) is 9.59 Å². The van der Waals surface area contributed by atoms with Crippen molar-refractivity contribution in [3.8, 4) is 0 Å². The first kappa shape index (κ1) is 26.5. The van der Waals surface area contributed by atoms with E-state index in [1.165, 1.54) is 37.1 Å². The third-order valence-corrected chi connectivity index (χ3v) is 8.80. The number of hydrogen-bond donors (Lipinski definition) is 0. The molecule has 0 amide bonds. The van der Waals surface area contributed by atoms with Gasteiger partial charge in [0, 0.05) is 63.2 Å². The second-order valence-corrected chi connectivity index (χ2v) is 11.1. The third kappa shape index (κ3) is 7.03. The fourth-order valence-electron chi connectivity index (χ4n) is 6.42. The average molecular weight is 511 g/mol. The van der Waals surface area contributed by atoms with Gasteiger partial charge >= 0.3 is 0 Å². The Bertz CT molecular complexity index is 1030. The molecule has 6 rings (SSSR count). The van der Waals surface area contributed by atoms with Gasteiger partial charge in [0.05, 0.1) is 0 Å². The zero-order chi connectivity index (χ0) is 26.2. The lowest BCUT2D eigenvalue weighted by atomic mass is 9.86. The number of allylic oxidation sites excluding steroid dienone is 2. The number of anilines is 2. The van der Waals surface area contributed by atoms with Gasteiger partial charge in [0.25, 0.3) is 0 Å². The molecular formula is C34H42N2O2. The summed E-state index contributed by atoms with van der Waals surface area (Å²) >= 11 is 0. The second kappa shape index (κ2) is 13.1. The van der Waals surface area contributed by atoms with E-state index in [1.807, 2.05) is 0 Å². The molecule has 2 aliphatic carbocycles. The van der Waals surface area contributed by atoms with Crippen molar-refractivity contribution in [3.05, 3.63) is 83.0 Å². The highest BCUT2D eigenvalue weighted by Gasteiger charge is 2.21. The van der Waals surface area contributed by atoms with Crippen LogP contribution in [0.2, 0.25) is 0 Å². The number of piperidine rings is 2. The molecule has 0 unspecified atom stereocenters. The molecule has 2 saturated heterocycles. The highest BCUT2D eigenvalue weighted by molar-refractivity contribution is 5.80. The number of carbonyl (C=O) groups excluding carboxylic acids is 2. The standard InChI is InChI=1S/2C17H21NO/c2*19-17-8-6-14(7-9-17)15-10-12-18(13-11-15)16-4-2-1-3-5-16/h2*1-5H,6-13H2. The lowest BCUT2D eigenvalue weighted by Crippen LogP contribution is -2.31. The Morgan fingerprint density at radius 1 is 0.368 bits per heavy atom. The maximum Gasteiger partial charge on any atom is 0.133 e. The van der Waals surface area contributed by atoms with E-state index in [9.17, 15) is 9.59 Å². The molecule has 0 bridgehead atoms. The van der Waals surface area contributed by atoms with Crippen LogP contribution in [0.3, 0.4) is 0 Å². The summed E-state index contributed by atoms with van der Waals surface area (Å²) in [6.07, 6.45) is 11.9. The van der Waals surface area contributed by atoms with Crippen molar-refractivity contribution in [2.24, 2.45) is 0 Å². The zero-order valence-electron chi connectivity index (χ0n) is 22.8. The van der Waals surface area contributed by atoms with Gasteiger partial charge in [-0.25, -0.2) is 0 Å². The molecule has 4 heteroatoms. The summed E-state index contributed by atoms with van der Waals surface area (Å²) in [6.45, 7) is 4.49. The fourth-order valence-corrected chi connectivity index (χ4v) is 6.42. The van der Waals surface area contributed by atoms with Crippen LogP contribution < -0.4 is 9.80 Å². The van der Waals surface area contributed by atoms with Crippen molar-refractivity contribution in [3.63, 3.8) is 0 Å². The molecule has 2 aliphatic heterocycles. The van der Waals surface area contributed by atoms with E-state index in [0.717, 1.165) is 77.5 Å². The maximum atomic E-state index is 11.3. The van der Waals surface area contributed by atoms with Crippen LogP contribution in [0.15, 0.2) is 83.0 Å². The van der Waals surface area contributed by atoms with Gasteiger partial charge in [-0.05, 0) is 75.6 Å². The first-order valence-corrected chi connectivity index (χ1v) is 14.7. The summed E-state index contributed by atoms with van der Waals surface area (Å²) in [5.74, 6) is 0.900. The first-order valence-electron chi connectivity index (χ1n) is 14.7. The highest BCUT2D eigenvalue weighted by Crippen LogP contribution is 2.32. The van der Waals surface area contributed by atoms with Gasteiger partial charge in [-0.15, -0.1) is 0 Å². The summed E-state index contributed by atoms with van der Waals surface area (Å²) in [5, 5.41) is 0. The first-order chi connectivity index (χ1) is 18.7. The molecule has 4 aliphatic rings. The van der Waals surface area contributed by atoms with Gasteiger partial charge in [0.1, 0.15) is 11.6 Å².